The van der Waals surface area contributed by atoms with E-state index in [0.717, 1.165) is 75.1 Å². The Bertz CT molecular complexity index is 1220. The number of anilines is 1. The first kappa shape index (κ1) is 27.0. The molecule has 1 aliphatic heterocycles. The van der Waals surface area contributed by atoms with Gasteiger partial charge in [-0.25, -0.2) is 8.42 Å². The molecule has 0 fully saturated rings. The monoisotopic (exact) mass is 524 g/mol. The van der Waals surface area contributed by atoms with Crippen molar-refractivity contribution in [1.29, 1.82) is 0 Å². The molecule has 4 nitrogen and oxygen atoms in total. The van der Waals surface area contributed by atoms with Crippen LogP contribution in [0.15, 0.2) is 77.7 Å². The second-order valence-corrected chi connectivity index (χ2v) is 10.2. The molecule has 0 spiro atoms. The molecule has 0 radical (unpaired) electrons. The molecule has 0 amide bonds. The fourth-order valence-corrected chi connectivity index (χ4v) is 5.30. The Hall–Kier alpha value is -2.55. The molecule has 0 unspecified atom stereocenters. The highest BCUT2D eigenvalue weighted by Crippen LogP contribution is 2.30. The van der Waals surface area contributed by atoms with Crippen LogP contribution in [0, 0.1) is 0 Å². The second-order valence-electron chi connectivity index (χ2n) is 8.54. The van der Waals surface area contributed by atoms with E-state index >= 15 is 0 Å². The summed E-state index contributed by atoms with van der Waals surface area (Å²) in [5.74, 6) is 0. The molecule has 4 rings (SSSR count). The first-order valence-corrected chi connectivity index (χ1v) is 12.8. The number of halogens is 4. The van der Waals surface area contributed by atoms with Crippen molar-refractivity contribution in [3.05, 3.63) is 95.1 Å². The molecule has 1 heterocycles. The number of nitrogens with one attached hydrogen (secondary N) is 1. The molecule has 1 aliphatic rings. The minimum atomic E-state index is -4.51. The van der Waals surface area contributed by atoms with Gasteiger partial charge in [-0.2, -0.15) is 13.2 Å². The van der Waals surface area contributed by atoms with E-state index in [4.69, 9.17) is 0 Å². The van der Waals surface area contributed by atoms with Gasteiger partial charge >= 0.3 is 6.18 Å². The molecular weight excluding hydrogens is 497 g/mol. The zero-order valence-electron chi connectivity index (χ0n) is 19.1. The van der Waals surface area contributed by atoms with Crippen LogP contribution in [0.25, 0.3) is 0 Å². The van der Waals surface area contributed by atoms with Crippen LogP contribution < -0.4 is 4.72 Å². The summed E-state index contributed by atoms with van der Waals surface area (Å²) in [6.45, 7) is 2.87. The topological polar surface area (TPSA) is 49.4 Å². The van der Waals surface area contributed by atoms with Crippen molar-refractivity contribution < 1.29 is 21.6 Å². The Kier molecular flexibility index (Phi) is 8.85. The van der Waals surface area contributed by atoms with Gasteiger partial charge in [0, 0.05) is 18.8 Å². The van der Waals surface area contributed by atoms with Crippen LogP contribution in [-0.2, 0) is 35.5 Å². The number of fused-ring (bicyclic) bond motifs is 1. The molecule has 0 atom stereocenters. The van der Waals surface area contributed by atoms with Crippen molar-refractivity contribution in [3.63, 3.8) is 0 Å². The van der Waals surface area contributed by atoms with Crippen LogP contribution in [0.1, 0.15) is 28.7 Å². The Morgan fingerprint density at radius 1 is 0.857 bits per heavy atom. The normalized spacial score (nSPS) is 14.5. The van der Waals surface area contributed by atoms with E-state index < -0.39 is 21.8 Å². The van der Waals surface area contributed by atoms with Crippen molar-refractivity contribution in [2.24, 2.45) is 0 Å². The van der Waals surface area contributed by atoms with E-state index in [1.54, 1.807) is 6.07 Å². The number of hydrogen-bond acceptors (Lipinski definition) is 3. The average Bonchev–Trinajstić information content (AvgIpc) is 3.01. The third-order valence-corrected chi connectivity index (χ3v) is 7.52. The van der Waals surface area contributed by atoms with Crippen molar-refractivity contribution in [1.82, 2.24) is 4.90 Å². The predicted octanol–water partition coefficient (Wildman–Crippen LogP) is 5.96. The Morgan fingerprint density at radius 2 is 1.51 bits per heavy atom. The molecule has 0 saturated carbocycles. The lowest BCUT2D eigenvalue weighted by Gasteiger charge is -2.19. The van der Waals surface area contributed by atoms with E-state index in [1.165, 1.54) is 11.1 Å². The zero-order valence-corrected chi connectivity index (χ0v) is 20.7. The first-order valence-electron chi connectivity index (χ1n) is 11.3. The van der Waals surface area contributed by atoms with Gasteiger partial charge in [-0.3, -0.25) is 4.72 Å². The van der Waals surface area contributed by atoms with Gasteiger partial charge in [0.15, 0.2) is 0 Å². The number of benzene rings is 3. The van der Waals surface area contributed by atoms with Gasteiger partial charge in [-0.1, -0.05) is 36.4 Å². The lowest BCUT2D eigenvalue weighted by Crippen LogP contribution is -2.27. The van der Waals surface area contributed by atoms with Gasteiger partial charge in [0.2, 0.25) is 0 Å². The summed E-state index contributed by atoms with van der Waals surface area (Å²) in [4.78, 5) is 2.23. The summed E-state index contributed by atoms with van der Waals surface area (Å²) in [6.07, 6.45) is -0.677. The average molecular weight is 525 g/mol. The second kappa shape index (κ2) is 11.5. The number of alkyl halides is 3. The molecule has 0 aliphatic carbocycles. The SMILES string of the molecule is Cl.O=S(=O)(Nc1ccc2c(c1)CCN(CCCc1ccccc1)CC2)c1ccc(C(F)(F)F)cc1. The van der Waals surface area contributed by atoms with E-state index in [9.17, 15) is 21.6 Å². The minimum absolute atomic E-state index is 0. The summed E-state index contributed by atoms with van der Waals surface area (Å²) in [7, 11) is -3.99. The first-order chi connectivity index (χ1) is 16.2. The van der Waals surface area contributed by atoms with E-state index in [0.29, 0.717) is 5.69 Å². The summed E-state index contributed by atoms with van der Waals surface area (Å²) in [6, 6.07) is 19.4. The summed E-state index contributed by atoms with van der Waals surface area (Å²) < 4.78 is 66.2. The highest BCUT2D eigenvalue weighted by atomic mass is 35.5. The molecule has 1 N–H and O–H groups in total. The van der Waals surface area contributed by atoms with Crippen LogP contribution in [0.5, 0.6) is 0 Å². The molecule has 3 aromatic rings. The lowest BCUT2D eigenvalue weighted by molar-refractivity contribution is -0.137. The van der Waals surface area contributed by atoms with Crippen molar-refractivity contribution >= 4 is 28.1 Å². The maximum absolute atomic E-state index is 12.8. The third-order valence-electron chi connectivity index (χ3n) is 6.13. The van der Waals surface area contributed by atoms with E-state index in [-0.39, 0.29) is 17.3 Å². The smallest absolute Gasteiger partial charge is 0.303 e. The van der Waals surface area contributed by atoms with Crippen molar-refractivity contribution in [2.45, 2.75) is 36.8 Å². The standard InChI is InChI=1S/C26H27F3N2O2S.ClH/c27-26(28,29)23-9-12-25(13-10-23)34(32,33)30-24-11-8-21-14-17-31(18-15-22(21)19-24)16-4-7-20-5-2-1-3-6-20;/h1-3,5-6,8-13,19,30H,4,7,14-18H2;1H. The zero-order chi connectivity index (χ0) is 24.2. The molecule has 0 saturated heterocycles. The summed E-state index contributed by atoms with van der Waals surface area (Å²) in [5, 5.41) is 0. The van der Waals surface area contributed by atoms with Gasteiger partial charge in [0.25, 0.3) is 10.0 Å². The van der Waals surface area contributed by atoms with Gasteiger partial charge in [0.1, 0.15) is 0 Å². The molecule has 9 heteroatoms. The number of nitrogens with zero attached hydrogens (tertiary/aromatic N) is 1. The number of sulfonamides is 1. The maximum Gasteiger partial charge on any atom is 0.416 e. The van der Waals surface area contributed by atoms with Gasteiger partial charge in [-0.05, 0) is 85.3 Å². The molecule has 0 bridgehead atoms. The summed E-state index contributed by atoms with van der Waals surface area (Å²) in [5.41, 5.74) is 3.16. The highest BCUT2D eigenvalue weighted by Gasteiger charge is 2.30. The predicted molar refractivity (Wildman–Crippen MR) is 135 cm³/mol. The van der Waals surface area contributed by atoms with Crippen LogP contribution in [0.2, 0.25) is 0 Å². The fourth-order valence-electron chi connectivity index (χ4n) is 4.25. The summed E-state index contributed by atoms with van der Waals surface area (Å²) >= 11 is 0. The largest absolute Gasteiger partial charge is 0.416 e. The van der Waals surface area contributed by atoms with Crippen LogP contribution >= 0.6 is 12.4 Å². The number of rotatable bonds is 7. The quantitative estimate of drug-likeness (QED) is 0.415. The molecule has 188 valence electrons. The Labute approximate surface area is 210 Å². The van der Waals surface area contributed by atoms with Crippen LogP contribution in [0.4, 0.5) is 18.9 Å². The Balaban J connectivity index is 0.00000342. The minimum Gasteiger partial charge on any atom is -0.303 e. The van der Waals surface area contributed by atoms with Crippen LogP contribution in [0.3, 0.4) is 0 Å². The van der Waals surface area contributed by atoms with Gasteiger partial charge in [-0.15, -0.1) is 12.4 Å². The molecular formula is C26H28ClF3N2O2S. The molecule has 35 heavy (non-hydrogen) atoms. The molecule has 0 aromatic heterocycles. The molecule has 3 aromatic carbocycles. The van der Waals surface area contributed by atoms with Gasteiger partial charge in [0.05, 0.1) is 10.5 Å². The number of hydrogen-bond donors (Lipinski definition) is 1. The van der Waals surface area contributed by atoms with Gasteiger partial charge < -0.3 is 4.90 Å². The third kappa shape index (κ3) is 7.22. The van der Waals surface area contributed by atoms with Crippen molar-refractivity contribution in [2.75, 3.05) is 24.4 Å². The Morgan fingerprint density at radius 3 is 2.17 bits per heavy atom. The fraction of sp³-hybridized carbons (Fsp3) is 0.308. The van der Waals surface area contributed by atoms with E-state index in [2.05, 4.69) is 33.9 Å². The van der Waals surface area contributed by atoms with E-state index in [1.807, 2.05) is 18.2 Å². The lowest BCUT2D eigenvalue weighted by atomic mass is 10.0. The maximum atomic E-state index is 12.8. The van der Waals surface area contributed by atoms with Crippen molar-refractivity contribution in [3.8, 4) is 0 Å². The highest BCUT2D eigenvalue weighted by molar-refractivity contribution is 7.92. The van der Waals surface area contributed by atoms with Crippen LogP contribution in [-0.4, -0.2) is 33.0 Å². The number of aryl methyl sites for hydroxylation is 1.